The van der Waals surface area contributed by atoms with Crippen LogP contribution in [-0.4, -0.2) is 61.4 Å². The van der Waals surface area contributed by atoms with Crippen LogP contribution in [-0.2, 0) is 4.79 Å². The van der Waals surface area contributed by atoms with Gasteiger partial charge in [0.2, 0.25) is 5.91 Å². The molecule has 2 fully saturated rings. The maximum absolute atomic E-state index is 13.2. The van der Waals surface area contributed by atoms with Gasteiger partial charge in [-0.15, -0.1) is 0 Å². The van der Waals surface area contributed by atoms with Gasteiger partial charge in [0.15, 0.2) is 0 Å². The van der Waals surface area contributed by atoms with E-state index < -0.39 is 0 Å². The number of likely N-dealkylation sites (tertiary alicyclic amines) is 1. The number of nitrogens with zero attached hydrogens (tertiary/aromatic N) is 2. The lowest BCUT2D eigenvalue weighted by Crippen LogP contribution is -2.46. The molecule has 35 heavy (non-hydrogen) atoms. The van der Waals surface area contributed by atoms with E-state index in [1.807, 2.05) is 6.07 Å². The minimum atomic E-state index is -0.344. The first-order valence-corrected chi connectivity index (χ1v) is 12.3. The molecule has 8 nitrogen and oxygen atoms in total. The smallest absolute Gasteiger partial charge is 0.255 e. The van der Waals surface area contributed by atoms with Crippen LogP contribution in [0.25, 0.3) is 0 Å². The zero-order valence-electron chi connectivity index (χ0n) is 20.7. The second-order valence-electron chi connectivity index (χ2n) is 9.44. The third kappa shape index (κ3) is 5.82. The van der Waals surface area contributed by atoms with Crippen molar-refractivity contribution in [2.24, 2.45) is 0 Å². The minimum absolute atomic E-state index is 0.0656. The molecule has 4 rings (SSSR count). The van der Waals surface area contributed by atoms with Crippen molar-refractivity contribution in [2.75, 3.05) is 37.0 Å². The maximum atomic E-state index is 13.2. The Kier molecular flexibility index (Phi) is 7.70. The van der Waals surface area contributed by atoms with E-state index in [4.69, 9.17) is 4.74 Å². The predicted octanol–water partition coefficient (Wildman–Crippen LogP) is 3.68. The molecule has 0 saturated carbocycles. The molecule has 0 aromatic heterocycles. The van der Waals surface area contributed by atoms with Crippen molar-refractivity contribution >= 4 is 29.1 Å². The fourth-order valence-electron chi connectivity index (χ4n) is 4.70. The molecule has 2 aromatic carbocycles. The summed E-state index contributed by atoms with van der Waals surface area (Å²) in [5.41, 5.74) is 1.90. The molecule has 0 spiro atoms. The van der Waals surface area contributed by atoms with E-state index >= 15 is 0 Å². The van der Waals surface area contributed by atoms with E-state index in [1.165, 1.54) is 0 Å². The topological polar surface area (TPSA) is 91.0 Å². The Labute approximate surface area is 206 Å². The van der Waals surface area contributed by atoms with Crippen LogP contribution >= 0.6 is 0 Å². The van der Waals surface area contributed by atoms with Crippen LogP contribution in [0.4, 0.5) is 11.4 Å². The first-order chi connectivity index (χ1) is 16.9. The van der Waals surface area contributed by atoms with Crippen molar-refractivity contribution in [3.05, 3.63) is 53.6 Å². The van der Waals surface area contributed by atoms with E-state index in [1.54, 1.807) is 48.4 Å². The lowest BCUT2D eigenvalue weighted by atomic mass is 10.0. The van der Waals surface area contributed by atoms with Gasteiger partial charge in [0, 0.05) is 49.4 Å². The van der Waals surface area contributed by atoms with Gasteiger partial charge in [0.25, 0.3) is 11.8 Å². The van der Waals surface area contributed by atoms with E-state index in [9.17, 15) is 14.4 Å². The largest absolute Gasteiger partial charge is 0.497 e. The highest BCUT2D eigenvalue weighted by molar-refractivity contribution is 6.10. The van der Waals surface area contributed by atoms with Crippen molar-refractivity contribution in [2.45, 2.75) is 51.6 Å². The number of anilines is 2. The molecule has 0 unspecified atom stereocenters. The SMILES string of the molecule is COc1ccc(NC(=O)c2cccc(N3CCCC3=O)c2)c(C(=O)NC2CCN(C(C)C)CC2)c1. The number of benzene rings is 2. The maximum Gasteiger partial charge on any atom is 0.255 e. The molecule has 0 atom stereocenters. The van der Waals surface area contributed by atoms with Crippen LogP contribution in [0.3, 0.4) is 0 Å². The minimum Gasteiger partial charge on any atom is -0.497 e. The average Bonchev–Trinajstić information content (AvgIpc) is 3.30. The lowest BCUT2D eigenvalue weighted by Gasteiger charge is -2.34. The molecule has 2 aliphatic rings. The molecule has 2 heterocycles. The van der Waals surface area contributed by atoms with Gasteiger partial charge in [-0.05, 0) is 69.5 Å². The molecular formula is C27H34N4O4. The van der Waals surface area contributed by atoms with Crippen LogP contribution in [0.1, 0.15) is 60.2 Å². The summed E-state index contributed by atoms with van der Waals surface area (Å²) in [4.78, 5) is 42.5. The fraction of sp³-hybridized carbons (Fsp3) is 0.444. The van der Waals surface area contributed by atoms with E-state index in [0.29, 0.717) is 47.3 Å². The van der Waals surface area contributed by atoms with Crippen LogP contribution in [0.2, 0.25) is 0 Å². The number of carbonyl (C=O) groups is 3. The van der Waals surface area contributed by atoms with Gasteiger partial charge < -0.3 is 25.2 Å². The van der Waals surface area contributed by atoms with E-state index in [-0.39, 0.29) is 23.8 Å². The van der Waals surface area contributed by atoms with Crippen molar-refractivity contribution in [1.82, 2.24) is 10.2 Å². The molecule has 2 N–H and O–H groups in total. The monoisotopic (exact) mass is 478 g/mol. The van der Waals surface area contributed by atoms with Gasteiger partial charge >= 0.3 is 0 Å². The predicted molar refractivity (Wildman–Crippen MR) is 136 cm³/mol. The first-order valence-electron chi connectivity index (χ1n) is 12.3. The number of methoxy groups -OCH3 is 1. The summed E-state index contributed by atoms with van der Waals surface area (Å²) in [6, 6.07) is 12.6. The normalized spacial score (nSPS) is 17.0. The molecule has 0 bridgehead atoms. The highest BCUT2D eigenvalue weighted by Gasteiger charge is 2.25. The molecule has 2 aliphatic heterocycles. The highest BCUT2D eigenvalue weighted by atomic mass is 16.5. The quantitative estimate of drug-likeness (QED) is 0.634. The number of ether oxygens (including phenoxy) is 1. The van der Waals surface area contributed by atoms with Gasteiger partial charge in [0.05, 0.1) is 18.4 Å². The molecular weight excluding hydrogens is 444 g/mol. The standard InChI is InChI=1S/C27H34N4O4/c1-18(2)30-14-11-20(12-15-30)28-27(34)23-17-22(35-3)9-10-24(23)29-26(33)19-6-4-7-21(16-19)31-13-5-8-25(31)32/h4,6-7,9-10,16-18,20H,5,8,11-15H2,1-3H3,(H,28,34)(H,29,33). The number of nitrogens with one attached hydrogen (secondary N) is 2. The molecule has 8 heteroatoms. The second kappa shape index (κ2) is 10.9. The van der Waals surface area contributed by atoms with Crippen LogP contribution in [0.15, 0.2) is 42.5 Å². The van der Waals surface area contributed by atoms with Crippen molar-refractivity contribution in [1.29, 1.82) is 0 Å². The molecule has 0 radical (unpaired) electrons. The molecule has 3 amide bonds. The zero-order valence-corrected chi connectivity index (χ0v) is 20.7. The van der Waals surface area contributed by atoms with Crippen LogP contribution in [0, 0.1) is 0 Å². The molecule has 2 aromatic rings. The van der Waals surface area contributed by atoms with Gasteiger partial charge in [-0.3, -0.25) is 14.4 Å². The summed E-state index contributed by atoms with van der Waals surface area (Å²) < 4.78 is 5.33. The number of hydrogen-bond acceptors (Lipinski definition) is 5. The Morgan fingerprint density at radius 2 is 1.80 bits per heavy atom. The van der Waals surface area contributed by atoms with E-state index in [2.05, 4.69) is 29.4 Å². The Morgan fingerprint density at radius 3 is 2.46 bits per heavy atom. The molecule has 0 aliphatic carbocycles. The molecule has 2 saturated heterocycles. The lowest BCUT2D eigenvalue weighted by molar-refractivity contribution is -0.117. The summed E-state index contributed by atoms with van der Waals surface area (Å²) in [7, 11) is 1.54. The Balaban J connectivity index is 1.49. The second-order valence-corrected chi connectivity index (χ2v) is 9.44. The Bertz CT molecular complexity index is 1090. The van der Waals surface area contributed by atoms with Crippen molar-refractivity contribution in [3.63, 3.8) is 0 Å². The Morgan fingerprint density at radius 1 is 1.03 bits per heavy atom. The number of piperidine rings is 1. The van der Waals surface area contributed by atoms with Crippen LogP contribution in [0.5, 0.6) is 5.75 Å². The summed E-state index contributed by atoms with van der Waals surface area (Å²) in [5.74, 6) is 0.0229. The fourth-order valence-corrected chi connectivity index (χ4v) is 4.70. The number of carbonyl (C=O) groups excluding carboxylic acids is 3. The third-order valence-electron chi connectivity index (χ3n) is 6.81. The number of hydrogen-bond donors (Lipinski definition) is 2. The summed E-state index contributed by atoms with van der Waals surface area (Å²) in [6.45, 7) is 6.91. The van der Waals surface area contributed by atoms with Crippen molar-refractivity contribution in [3.8, 4) is 5.75 Å². The van der Waals surface area contributed by atoms with E-state index in [0.717, 1.165) is 32.4 Å². The summed E-state index contributed by atoms with van der Waals surface area (Å²) in [5, 5.41) is 6.01. The highest BCUT2D eigenvalue weighted by Crippen LogP contribution is 2.26. The van der Waals surface area contributed by atoms with Crippen LogP contribution < -0.4 is 20.3 Å². The van der Waals surface area contributed by atoms with Gasteiger partial charge in [0.1, 0.15) is 5.75 Å². The molecule has 186 valence electrons. The van der Waals surface area contributed by atoms with Gasteiger partial charge in [-0.1, -0.05) is 6.07 Å². The summed E-state index contributed by atoms with van der Waals surface area (Å²) in [6.07, 6.45) is 3.11. The van der Waals surface area contributed by atoms with Gasteiger partial charge in [-0.2, -0.15) is 0 Å². The first kappa shape index (κ1) is 24.7. The van der Waals surface area contributed by atoms with Crippen molar-refractivity contribution < 1.29 is 19.1 Å². The third-order valence-corrected chi connectivity index (χ3v) is 6.81. The van der Waals surface area contributed by atoms with Gasteiger partial charge in [-0.25, -0.2) is 0 Å². The summed E-state index contributed by atoms with van der Waals surface area (Å²) >= 11 is 0. The zero-order chi connectivity index (χ0) is 24.9. The number of amides is 3. The Hall–Kier alpha value is -3.39. The number of rotatable bonds is 7. The average molecular weight is 479 g/mol.